The van der Waals surface area contributed by atoms with Crippen LogP contribution in [0.2, 0.25) is 0 Å². The molecule has 3 aromatic rings. The van der Waals surface area contributed by atoms with Gasteiger partial charge in [-0.15, -0.1) is 11.8 Å². The number of anilines is 1. The molecule has 0 radical (unpaired) electrons. The van der Waals surface area contributed by atoms with Gasteiger partial charge in [-0.3, -0.25) is 4.79 Å². The minimum Gasteiger partial charge on any atom is -0.355 e. The highest BCUT2D eigenvalue weighted by atomic mass is 32.2. The Morgan fingerprint density at radius 1 is 1.28 bits per heavy atom. The molecule has 1 aromatic carbocycles. The van der Waals surface area contributed by atoms with E-state index >= 15 is 0 Å². The number of carbonyl (C=O) groups excluding carboxylic acids is 1. The van der Waals surface area contributed by atoms with Gasteiger partial charge in [-0.25, -0.2) is 4.98 Å². The van der Waals surface area contributed by atoms with Crippen LogP contribution in [0.3, 0.4) is 0 Å². The number of piperidine rings is 1. The average Bonchev–Trinajstić information content (AvgIpc) is 3.12. The predicted octanol–water partition coefficient (Wildman–Crippen LogP) is 3.49. The first kappa shape index (κ1) is 19.7. The van der Waals surface area contributed by atoms with Crippen LogP contribution < -0.4 is 10.2 Å². The summed E-state index contributed by atoms with van der Waals surface area (Å²) in [5.41, 5.74) is 2.39. The third-order valence-electron chi connectivity index (χ3n) is 5.32. The van der Waals surface area contributed by atoms with Gasteiger partial charge in [-0.1, -0.05) is 17.3 Å². The van der Waals surface area contributed by atoms with Crippen molar-refractivity contribution in [3.05, 3.63) is 41.3 Å². The summed E-state index contributed by atoms with van der Waals surface area (Å²) in [6.07, 6.45) is 3.87. The van der Waals surface area contributed by atoms with Gasteiger partial charge in [-0.05, 0) is 50.6 Å². The third kappa shape index (κ3) is 4.22. The number of nitrogens with zero attached hydrogens (tertiary/aromatic N) is 4. The summed E-state index contributed by atoms with van der Waals surface area (Å²) in [7, 11) is 0. The summed E-state index contributed by atoms with van der Waals surface area (Å²) < 4.78 is 5.33. The molecule has 1 aliphatic rings. The molecule has 1 saturated heterocycles. The van der Waals surface area contributed by atoms with E-state index in [2.05, 4.69) is 55.9 Å². The summed E-state index contributed by atoms with van der Waals surface area (Å²) in [6.45, 7) is 5.77. The van der Waals surface area contributed by atoms with E-state index in [0.29, 0.717) is 24.6 Å². The Hall–Kier alpha value is -2.61. The van der Waals surface area contributed by atoms with Crippen LogP contribution in [0.15, 0.2) is 33.7 Å². The first-order valence-electron chi connectivity index (χ1n) is 9.81. The number of carbonyl (C=O) groups is 1. The zero-order valence-electron chi connectivity index (χ0n) is 16.9. The Kier molecular flexibility index (Phi) is 5.71. The van der Waals surface area contributed by atoms with Crippen molar-refractivity contribution in [2.24, 2.45) is 5.92 Å². The van der Waals surface area contributed by atoms with Gasteiger partial charge in [0.1, 0.15) is 17.0 Å². The van der Waals surface area contributed by atoms with Crippen molar-refractivity contribution >= 4 is 34.6 Å². The molecule has 3 heterocycles. The normalized spacial score (nSPS) is 16.9. The van der Waals surface area contributed by atoms with E-state index < -0.39 is 0 Å². The second-order valence-electron chi connectivity index (χ2n) is 7.39. The third-order valence-corrected chi connectivity index (χ3v) is 6.06. The molecule has 0 aliphatic carbocycles. The van der Waals surface area contributed by atoms with Gasteiger partial charge in [0.2, 0.25) is 5.91 Å². The molecular weight excluding hydrogens is 386 g/mol. The molecule has 4 rings (SSSR count). The molecule has 7 nitrogen and oxygen atoms in total. The smallest absolute Gasteiger partial charge is 0.263 e. The summed E-state index contributed by atoms with van der Waals surface area (Å²) >= 11 is 1.71. The van der Waals surface area contributed by atoms with E-state index in [4.69, 9.17) is 4.52 Å². The Bertz CT molecular complexity index is 1020. The number of amides is 1. The molecule has 1 atom stereocenters. The van der Waals surface area contributed by atoms with Crippen LogP contribution >= 0.6 is 11.8 Å². The zero-order valence-corrected chi connectivity index (χ0v) is 17.8. The summed E-state index contributed by atoms with van der Waals surface area (Å²) in [5, 5.41) is 7.97. The first-order chi connectivity index (χ1) is 14.0. The van der Waals surface area contributed by atoms with Crippen LogP contribution in [0.5, 0.6) is 0 Å². The van der Waals surface area contributed by atoms with Gasteiger partial charge >= 0.3 is 0 Å². The Balaban J connectivity index is 1.45. The fourth-order valence-electron chi connectivity index (χ4n) is 3.76. The van der Waals surface area contributed by atoms with E-state index in [1.807, 2.05) is 13.8 Å². The van der Waals surface area contributed by atoms with Gasteiger partial charge in [0.25, 0.3) is 5.71 Å². The number of aromatic nitrogens is 3. The van der Waals surface area contributed by atoms with E-state index in [0.717, 1.165) is 41.8 Å². The van der Waals surface area contributed by atoms with Crippen molar-refractivity contribution in [2.75, 3.05) is 24.2 Å². The summed E-state index contributed by atoms with van der Waals surface area (Å²) in [6, 6.07) is 8.29. The van der Waals surface area contributed by atoms with Crippen LogP contribution in [-0.2, 0) is 11.3 Å². The maximum Gasteiger partial charge on any atom is 0.263 e. The standard InChI is InChI=1S/C21H25N5O2S/c1-13-18-19(23-14(2)24-21(18)28-25-13)26-10-4-5-16(12-26)20(27)22-11-15-6-8-17(29-3)9-7-15/h6-9,16H,4-5,10-12H2,1-3H3,(H,22,27). The SMILES string of the molecule is CSc1ccc(CNC(=O)C2CCCN(c3nc(C)nc4onc(C)c34)C2)cc1. The van der Waals surface area contributed by atoms with Crippen molar-refractivity contribution < 1.29 is 9.32 Å². The van der Waals surface area contributed by atoms with Crippen LogP contribution in [0.1, 0.15) is 29.9 Å². The summed E-state index contributed by atoms with van der Waals surface area (Å²) in [5.74, 6) is 1.48. The van der Waals surface area contributed by atoms with E-state index in [-0.39, 0.29) is 11.8 Å². The van der Waals surface area contributed by atoms with Crippen LogP contribution in [0.25, 0.3) is 11.1 Å². The van der Waals surface area contributed by atoms with Gasteiger partial charge in [0.05, 0.1) is 11.6 Å². The maximum absolute atomic E-state index is 12.8. The lowest BCUT2D eigenvalue weighted by atomic mass is 9.96. The highest BCUT2D eigenvalue weighted by Gasteiger charge is 2.28. The summed E-state index contributed by atoms with van der Waals surface area (Å²) in [4.78, 5) is 25.2. The molecule has 1 unspecified atom stereocenters. The lowest BCUT2D eigenvalue weighted by molar-refractivity contribution is -0.125. The van der Waals surface area contributed by atoms with E-state index in [1.54, 1.807) is 11.8 Å². The van der Waals surface area contributed by atoms with Crippen LogP contribution in [0.4, 0.5) is 5.82 Å². The van der Waals surface area contributed by atoms with Crippen molar-refractivity contribution in [3.63, 3.8) is 0 Å². The maximum atomic E-state index is 12.8. The molecule has 1 fully saturated rings. The Morgan fingerprint density at radius 2 is 2.07 bits per heavy atom. The molecule has 2 aromatic heterocycles. The number of thioether (sulfide) groups is 1. The molecule has 8 heteroatoms. The Labute approximate surface area is 174 Å². The minimum atomic E-state index is -0.0697. The molecule has 1 aliphatic heterocycles. The molecule has 152 valence electrons. The van der Waals surface area contributed by atoms with Crippen molar-refractivity contribution in [3.8, 4) is 0 Å². The Morgan fingerprint density at radius 3 is 2.83 bits per heavy atom. The fourth-order valence-corrected chi connectivity index (χ4v) is 4.17. The quantitative estimate of drug-likeness (QED) is 0.643. The highest BCUT2D eigenvalue weighted by molar-refractivity contribution is 7.98. The van der Waals surface area contributed by atoms with E-state index in [9.17, 15) is 4.79 Å². The zero-order chi connectivity index (χ0) is 20.4. The number of fused-ring (bicyclic) bond motifs is 1. The number of aryl methyl sites for hydroxylation is 2. The topological polar surface area (TPSA) is 84.2 Å². The largest absolute Gasteiger partial charge is 0.355 e. The van der Waals surface area contributed by atoms with E-state index in [1.165, 1.54) is 4.90 Å². The molecule has 29 heavy (non-hydrogen) atoms. The van der Waals surface area contributed by atoms with Crippen LogP contribution in [-0.4, -0.2) is 40.4 Å². The lowest BCUT2D eigenvalue weighted by Crippen LogP contribution is -2.43. The highest BCUT2D eigenvalue weighted by Crippen LogP contribution is 2.30. The number of benzene rings is 1. The lowest BCUT2D eigenvalue weighted by Gasteiger charge is -2.33. The minimum absolute atomic E-state index is 0.0697. The van der Waals surface area contributed by atoms with Gasteiger partial charge < -0.3 is 14.7 Å². The average molecular weight is 412 g/mol. The second-order valence-corrected chi connectivity index (χ2v) is 8.27. The molecule has 0 spiro atoms. The van der Waals surface area contributed by atoms with Crippen LogP contribution in [0, 0.1) is 19.8 Å². The van der Waals surface area contributed by atoms with Gasteiger partial charge in [0, 0.05) is 24.5 Å². The molecule has 0 saturated carbocycles. The van der Waals surface area contributed by atoms with Crippen molar-refractivity contribution in [1.82, 2.24) is 20.4 Å². The number of hydrogen-bond acceptors (Lipinski definition) is 7. The fraction of sp³-hybridized carbons (Fsp3) is 0.429. The van der Waals surface area contributed by atoms with Crippen molar-refractivity contribution in [1.29, 1.82) is 0 Å². The number of rotatable bonds is 5. The van der Waals surface area contributed by atoms with Gasteiger partial charge in [0.15, 0.2) is 0 Å². The molecular formula is C21H25N5O2S. The molecule has 1 N–H and O–H groups in total. The number of hydrogen-bond donors (Lipinski definition) is 1. The van der Waals surface area contributed by atoms with Gasteiger partial charge in [-0.2, -0.15) is 4.98 Å². The first-order valence-corrected chi connectivity index (χ1v) is 11.0. The number of nitrogens with one attached hydrogen (secondary N) is 1. The molecule has 0 bridgehead atoms. The van der Waals surface area contributed by atoms with Crippen molar-refractivity contribution in [2.45, 2.75) is 38.1 Å². The molecule has 1 amide bonds. The predicted molar refractivity (Wildman–Crippen MR) is 114 cm³/mol. The second kappa shape index (κ2) is 8.41. The monoisotopic (exact) mass is 411 g/mol.